The SMILES string of the molecule is CCC(C)C(C(CC(=O)N1CCCCC1C(OC)C(C)C(=O)NC(Cc1ccccc1)C(=O)Nc1ccc(N)cc1)OC)N(C)C(=O)[C@@H](NC(=O)C(C(C)C)N(C)C)C(C)C. The predicted octanol–water partition coefficient (Wildman–Crippen LogP) is 4.97. The van der Waals surface area contributed by atoms with E-state index in [1.54, 1.807) is 57.4 Å². The monoisotopic (exact) mass is 850 g/mol. The van der Waals surface area contributed by atoms with Crippen molar-refractivity contribution in [3.63, 3.8) is 0 Å². The zero-order chi connectivity index (χ0) is 45.6. The molecule has 8 unspecified atom stereocenters. The molecule has 2 aromatic carbocycles. The van der Waals surface area contributed by atoms with Crippen molar-refractivity contribution in [2.45, 2.75) is 129 Å². The molecule has 340 valence electrons. The van der Waals surface area contributed by atoms with Crippen LogP contribution in [0.2, 0.25) is 0 Å². The van der Waals surface area contributed by atoms with Crippen LogP contribution >= 0.6 is 0 Å². The van der Waals surface area contributed by atoms with E-state index in [2.05, 4.69) is 16.0 Å². The molecule has 5 amide bonds. The summed E-state index contributed by atoms with van der Waals surface area (Å²) in [6, 6.07) is 13.3. The number of carbonyl (C=O) groups is 5. The van der Waals surface area contributed by atoms with Crippen LogP contribution in [0.25, 0.3) is 0 Å². The van der Waals surface area contributed by atoms with Gasteiger partial charge in [-0.3, -0.25) is 28.9 Å². The summed E-state index contributed by atoms with van der Waals surface area (Å²) in [5, 5.41) is 8.94. The number of nitrogens with one attached hydrogen (secondary N) is 3. The second-order valence-electron chi connectivity index (χ2n) is 17.7. The Labute approximate surface area is 365 Å². The van der Waals surface area contributed by atoms with Crippen LogP contribution in [0.1, 0.15) is 86.1 Å². The number of benzene rings is 2. The average Bonchev–Trinajstić information content (AvgIpc) is 3.22. The molecule has 5 N–H and O–H groups in total. The number of anilines is 2. The quantitative estimate of drug-likeness (QED) is 0.119. The molecule has 1 aliphatic rings. The van der Waals surface area contributed by atoms with Crippen molar-refractivity contribution in [1.29, 1.82) is 0 Å². The van der Waals surface area contributed by atoms with Crippen LogP contribution in [0.15, 0.2) is 54.6 Å². The number of nitrogens with two attached hydrogens (primary N) is 1. The molecule has 1 fully saturated rings. The van der Waals surface area contributed by atoms with Gasteiger partial charge in [0.15, 0.2) is 0 Å². The first kappa shape index (κ1) is 50.8. The highest BCUT2D eigenvalue weighted by molar-refractivity contribution is 5.98. The van der Waals surface area contributed by atoms with Gasteiger partial charge in [0.2, 0.25) is 29.5 Å². The number of rotatable bonds is 22. The van der Waals surface area contributed by atoms with E-state index in [0.29, 0.717) is 24.3 Å². The lowest BCUT2D eigenvalue weighted by molar-refractivity contribution is -0.150. The molecule has 0 bridgehead atoms. The molecule has 61 heavy (non-hydrogen) atoms. The molecule has 14 heteroatoms. The molecule has 0 aromatic heterocycles. The van der Waals surface area contributed by atoms with Crippen LogP contribution in [0.4, 0.5) is 11.4 Å². The Morgan fingerprint density at radius 1 is 0.820 bits per heavy atom. The van der Waals surface area contributed by atoms with Crippen LogP contribution in [-0.2, 0) is 39.9 Å². The van der Waals surface area contributed by atoms with Crippen molar-refractivity contribution in [3.8, 4) is 0 Å². The summed E-state index contributed by atoms with van der Waals surface area (Å²) < 4.78 is 12.1. The van der Waals surface area contributed by atoms with E-state index in [-0.39, 0.29) is 60.1 Å². The Hall–Kier alpha value is -4.53. The standard InChI is InChI=1S/C47H75N7O7/c1-13-31(6)42(53(10)47(59)40(29(2)3)51-46(58)41(30(4)5)52(8)9)38(60-11)28-39(55)54-26-18-17-21-37(54)43(61-12)32(7)44(56)50-36(27-33-19-15-14-16-20-33)45(57)49-35-24-22-34(48)23-25-35/h14-16,19-20,22-25,29-32,36-38,40-43H,13,17-18,21,26-28,48H2,1-12H3,(H,49,57)(H,50,56)(H,51,58)/t31?,32?,36?,37?,38?,40-,41?,42?,43?/m0/s1. The maximum Gasteiger partial charge on any atom is 0.247 e. The largest absolute Gasteiger partial charge is 0.399 e. The van der Waals surface area contributed by atoms with E-state index < -0.39 is 48.3 Å². The molecule has 2 aromatic rings. The Kier molecular flexibility index (Phi) is 20.2. The van der Waals surface area contributed by atoms with E-state index in [1.807, 2.05) is 95.8 Å². The number of nitrogen functional groups attached to an aromatic ring is 1. The van der Waals surface area contributed by atoms with Gasteiger partial charge in [0.1, 0.15) is 12.1 Å². The summed E-state index contributed by atoms with van der Waals surface area (Å²) in [6.07, 6.45) is 1.90. The minimum absolute atomic E-state index is 0.00411. The normalized spacial score (nSPS) is 18.3. The molecular weight excluding hydrogens is 775 g/mol. The molecule has 1 heterocycles. The third kappa shape index (κ3) is 14.0. The second kappa shape index (κ2) is 24.2. The Bertz CT molecular complexity index is 1700. The predicted molar refractivity (Wildman–Crippen MR) is 241 cm³/mol. The maximum atomic E-state index is 14.5. The molecule has 9 atom stereocenters. The number of methoxy groups -OCH3 is 2. The van der Waals surface area contributed by atoms with Gasteiger partial charge in [-0.1, -0.05) is 85.2 Å². The zero-order valence-electron chi connectivity index (χ0n) is 38.8. The van der Waals surface area contributed by atoms with Crippen molar-refractivity contribution in [1.82, 2.24) is 25.3 Å². The Morgan fingerprint density at radius 2 is 1.46 bits per heavy atom. The lowest BCUT2D eigenvalue weighted by Crippen LogP contribution is -2.60. The minimum atomic E-state index is -0.899. The van der Waals surface area contributed by atoms with Gasteiger partial charge in [-0.15, -0.1) is 0 Å². The average molecular weight is 850 g/mol. The number of carbonyl (C=O) groups excluding carboxylic acids is 5. The molecule has 0 aliphatic carbocycles. The number of hydrogen-bond donors (Lipinski definition) is 4. The third-order valence-corrected chi connectivity index (χ3v) is 12.3. The maximum absolute atomic E-state index is 14.5. The highest BCUT2D eigenvalue weighted by Crippen LogP contribution is 2.29. The fourth-order valence-corrected chi connectivity index (χ4v) is 8.73. The van der Waals surface area contributed by atoms with Gasteiger partial charge >= 0.3 is 0 Å². The minimum Gasteiger partial charge on any atom is -0.399 e. The number of hydrogen-bond acceptors (Lipinski definition) is 9. The number of ether oxygens (including phenoxy) is 2. The van der Waals surface area contributed by atoms with Crippen molar-refractivity contribution in [2.75, 3.05) is 53.0 Å². The molecule has 14 nitrogen and oxygen atoms in total. The zero-order valence-corrected chi connectivity index (χ0v) is 38.8. The van der Waals surface area contributed by atoms with Crippen molar-refractivity contribution < 1.29 is 33.4 Å². The molecule has 3 rings (SSSR count). The van der Waals surface area contributed by atoms with Crippen LogP contribution in [0.5, 0.6) is 0 Å². The van der Waals surface area contributed by atoms with E-state index in [1.165, 1.54) is 0 Å². The van der Waals surface area contributed by atoms with E-state index in [9.17, 15) is 24.0 Å². The van der Waals surface area contributed by atoms with E-state index in [0.717, 1.165) is 24.8 Å². The fraction of sp³-hybridized carbons (Fsp3) is 0.638. The number of piperidine rings is 1. The topological polar surface area (TPSA) is 176 Å². The Morgan fingerprint density at radius 3 is 2.00 bits per heavy atom. The summed E-state index contributed by atoms with van der Waals surface area (Å²) in [5.41, 5.74) is 7.85. The van der Waals surface area contributed by atoms with Gasteiger partial charge in [-0.2, -0.15) is 0 Å². The highest BCUT2D eigenvalue weighted by Gasteiger charge is 2.43. The number of likely N-dealkylation sites (tertiary alicyclic amines) is 1. The highest BCUT2D eigenvalue weighted by atomic mass is 16.5. The molecule has 0 spiro atoms. The first-order valence-corrected chi connectivity index (χ1v) is 22.0. The van der Waals surface area contributed by atoms with Crippen LogP contribution in [0.3, 0.4) is 0 Å². The molecule has 0 radical (unpaired) electrons. The summed E-state index contributed by atoms with van der Waals surface area (Å²) in [7, 11) is 8.55. The fourth-order valence-electron chi connectivity index (χ4n) is 8.73. The summed E-state index contributed by atoms with van der Waals surface area (Å²) in [6.45, 7) is 14.1. The number of amides is 5. The first-order chi connectivity index (χ1) is 28.9. The lowest BCUT2D eigenvalue weighted by atomic mass is 9.87. The molecular formula is C47H75N7O7. The van der Waals surface area contributed by atoms with Gasteiger partial charge in [0.25, 0.3) is 0 Å². The second-order valence-corrected chi connectivity index (χ2v) is 17.7. The number of nitrogens with zero attached hydrogens (tertiary/aromatic N) is 3. The molecule has 1 saturated heterocycles. The van der Waals surface area contributed by atoms with Crippen molar-refractivity contribution in [2.24, 2.45) is 23.7 Å². The summed E-state index contributed by atoms with van der Waals surface area (Å²) >= 11 is 0. The molecule has 1 aliphatic heterocycles. The van der Waals surface area contributed by atoms with E-state index in [4.69, 9.17) is 15.2 Å². The Balaban J connectivity index is 1.84. The summed E-state index contributed by atoms with van der Waals surface area (Å²) in [5.74, 6) is -2.30. The number of likely N-dealkylation sites (N-methyl/N-ethyl adjacent to an activating group) is 2. The lowest BCUT2D eigenvalue weighted by Gasteiger charge is -2.43. The first-order valence-electron chi connectivity index (χ1n) is 22.0. The third-order valence-electron chi connectivity index (χ3n) is 12.3. The van der Waals surface area contributed by atoms with Gasteiger partial charge in [-0.05, 0) is 80.9 Å². The summed E-state index contributed by atoms with van der Waals surface area (Å²) in [4.78, 5) is 75.5. The van der Waals surface area contributed by atoms with Crippen LogP contribution < -0.4 is 21.7 Å². The van der Waals surface area contributed by atoms with Gasteiger partial charge in [0.05, 0.1) is 42.7 Å². The van der Waals surface area contributed by atoms with Gasteiger partial charge in [-0.25, -0.2) is 0 Å². The molecule has 0 saturated carbocycles. The smallest absolute Gasteiger partial charge is 0.247 e. The van der Waals surface area contributed by atoms with Crippen LogP contribution in [-0.4, -0.2) is 129 Å². The van der Waals surface area contributed by atoms with Gasteiger partial charge in [0, 0.05) is 45.6 Å². The van der Waals surface area contributed by atoms with Crippen LogP contribution in [0, 0.1) is 23.7 Å². The van der Waals surface area contributed by atoms with Crippen molar-refractivity contribution in [3.05, 3.63) is 60.2 Å². The van der Waals surface area contributed by atoms with Gasteiger partial charge < -0.3 is 41.0 Å². The van der Waals surface area contributed by atoms with E-state index >= 15 is 0 Å². The van der Waals surface area contributed by atoms with Crippen molar-refractivity contribution >= 4 is 40.9 Å².